The Bertz CT molecular complexity index is 531. The summed E-state index contributed by atoms with van der Waals surface area (Å²) in [6, 6.07) is 1.39. The quantitative estimate of drug-likeness (QED) is 0.832. The van der Waals surface area contributed by atoms with Crippen LogP contribution in [0.25, 0.3) is 0 Å². The molecule has 0 spiro atoms. The molecule has 1 aromatic heterocycles. The molecule has 0 atom stereocenters. The van der Waals surface area contributed by atoms with Crippen LogP contribution in [0.4, 0.5) is 0 Å². The van der Waals surface area contributed by atoms with E-state index in [1.807, 2.05) is 0 Å². The summed E-state index contributed by atoms with van der Waals surface area (Å²) in [7, 11) is 1.41. The predicted molar refractivity (Wildman–Crippen MR) is 58.9 cm³/mol. The van der Waals surface area contributed by atoms with E-state index >= 15 is 0 Å². The van der Waals surface area contributed by atoms with Gasteiger partial charge in [0, 0.05) is 22.9 Å². The summed E-state index contributed by atoms with van der Waals surface area (Å²) >= 11 is 0. The van der Waals surface area contributed by atoms with Crippen LogP contribution < -0.4 is 5.73 Å². The standard InChI is InChI=1S/C9H11ClN2O3S/c10-16(14,15)7-4-8(9(11)13)12(5-7)6-2-1-3-6/h4-6H,1-3H2,(H2,11,13). The second-order valence-corrected chi connectivity index (χ2v) is 6.42. The van der Waals surface area contributed by atoms with E-state index in [1.165, 1.54) is 12.3 Å². The van der Waals surface area contributed by atoms with Gasteiger partial charge in [0.05, 0.1) is 0 Å². The van der Waals surface area contributed by atoms with Crippen molar-refractivity contribution in [1.29, 1.82) is 0 Å². The molecule has 88 valence electrons. The number of carbonyl (C=O) groups excluding carboxylic acids is 1. The Labute approximate surface area is 97.6 Å². The van der Waals surface area contributed by atoms with Gasteiger partial charge in [-0.3, -0.25) is 4.79 Å². The van der Waals surface area contributed by atoms with Gasteiger partial charge in [-0.15, -0.1) is 0 Å². The first kappa shape index (κ1) is 11.5. The summed E-state index contributed by atoms with van der Waals surface area (Å²) in [4.78, 5) is 11.1. The third-order valence-electron chi connectivity index (χ3n) is 2.83. The van der Waals surface area contributed by atoms with E-state index in [9.17, 15) is 13.2 Å². The Morgan fingerprint density at radius 1 is 1.50 bits per heavy atom. The van der Waals surface area contributed by atoms with Crippen molar-refractivity contribution in [2.24, 2.45) is 5.73 Å². The molecule has 7 heteroatoms. The topological polar surface area (TPSA) is 82.2 Å². The average Bonchev–Trinajstić information content (AvgIpc) is 2.44. The number of carbonyl (C=O) groups is 1. The van der Waals surface area contributed by atoms with Gasteiger partial charge in [-0.05, 0) is 25.3 Å². The highest BCUT2D eigenvalue weighted by Gasteiger charge is 2.26. The minimum Gasteiger partial charge on any atom is -0.364 e. The molecule has 1 aliphatic rings. The van der Waals surface area contributed by atoms with Crippen molar-refractivity contribution in [3.8, 4) is 0 Å². The molecular weight excluding hydrogens is 252 g/mol. The summed E-state index contributed by atoms with van der Waals surface area (Å²) in [5, 5.41) is 0. The largest absolute Gasteiger partial charge is 0.364 e. The number of amides is 1. The lowest BCUT2D eigenvalue weighted by molar-refractivity contribution is 0.0986. The molecule has 1 heterocycles. The van der Waals surface area contributed by atoms with E-state index in [4.69, 9.17) is 16.4 Å². The maximum absolute atomic E-state index is 11.2. The zero-order valence-electron chi connectivity index (χ0n) is 8.39. The van der Waals surface area contributed by atoms with Crippen LogP contribution in [0.3, 0.4) is 0 Å². The number of primary amides is 1. The highest BCUT2D eigenvalue weighted by Crippen LogP contribution is 2.34. The van der Waals surface area contributed by atoms with Crippen molar-refractivity contribution in [3.63, 3.8) is 0 Å². The Hall–Kier alpha value is -1.01. The number of nitrogens with two attached hydrogens (primary N) is 1. The molecule has 0 unspecified atom stereocenters. The third-order valence-corrected chi connectivity index (χ3v) is 4.15. The number of halogens is 1. The second-order valence-electron chi connectivity index (χ2n) is 3.86. The van der Waals surface area contributed by atoms with Crippen LogP contribution in [0.2, 0.25) is 0 Å². The Balaban J connectivity index is 2.49. The lowest BCUT2D eigenvalue weighted by Gasteiger charge is -2.28. The zero-order chi connectivity index (χ0) is 11.9. The lowest BCUT2D eigenvalue weighted by atomic mass is 9.93. The summed E-state index contributed by atoms with van der Waals surface area (Å²) in [5.41, 5.74) is 5.39. The molecule has 0 bridgehead atoms. The molecule has 2 N–H and O–H groups in total. The van der Waals surface area contributed by atoms with Gasteiger partial charge < -0.3 is 10.3 Å². The summed E-state index contributed by atoms with van der Waals surface area (Å²) in [6.45, 7) is 0. The van der Waals surface area contributed by atoms with Gasteiger partial charge in [0.2, 0.25) is 0 Å². The van der Waals surface area contributed by atoms with Gasteiger partial charge in [-0.25, -0.2) is 8.42 Å². The molecule has 16 heavy (non-hydrogen) atoms. The van der Waals surface area contributed by atoms with E-state index in [2.05, 4.69) is 0 Å². The van der Waals surface area contributed by atoms with Gasteiger partial charge in [-0.1, -0.05) is 0 Å². The number of rotatable bonds is 3. The molecular formula is C9H11ClN2O3S. The van der Waals surface area contributed by atoms with Crippen LogP contribution in [0, 0.1) is 0 Å². The monoisotopic (exact) mass is 262 g/mol. The van der Waals surface area contributed by atoms with Crippen molar-refractivity contribution < 1.29 is 13.2 Å². The maximum Gasteiger partial charge on any atom is 0.265 e. The van der Waals surface area contributed by atoms with Crippen LogP contribution in [-0.2, 0) is 9.05 Å². The highest BCUT2D eigenvalue weighted by atomic mass is 35.7. The molecule has 0 aromatic carbocycles. The summed E-state index contributed by atoms with van der Waals surface area (Å²) in [5.74, 6) is -0.640. The Morgan fingerprint density at radius 2 is 2.12 bits per heavy atom. The van der Waals surface area contributed by atoms with E-state index in [-0.39, 0.29) is 16.6 Å². The third kappa shape index (κ3) is 1.94. The number of hydrogen-bond donors (Lipinski definition) is 1. The second kappa shape index (κ2) is 3.78. The van der Waals surface area contributed by atoms with Crippen molar-refractivity contribution in [1.82, 2.24) is 4.57 Å². The Kier molecular flexibility index (Phi) is 2.71. The SMILES string of the molecule is NC(=O)c1cc(S(=O)(=O)Cl)cn1C1CCC1. The summed E-state index contributed by atoms with van der Waals surface area (Å²) < 4.78 is 23.9. The maximum atomic E-state index is 11.2. The fourth-order valence-corrected chi connectivity index (χ4v) is 2.50. The van der Waals surface area contributed by atoms with Crippen LogP contribution in [-0.4, -0.2) is 18.9 Å². The molecule has 1 amide bonds. The van der Waals surface area contributed by atoms with Crippen molar-refractivity contribution in [3.05, 3.63) is 18.0 Å². The number of aromatic nitrogens is 1. The zero-order valence-corrected chi connectivity index (χ0v) is 9.96. The lowest BCUT2D eigenvalue weighted by Crippen LogP contribution is -2.23. The minimum atomic E-state index is -3.81. The van der Waals surface area contributed by atoms with Crippen LogP contribution >= 0.6 is 10.7 Å². The number of nitrogens with zero attached hydrogens (tertiary/aromatic N) is 1. The normalized spacial score (nSPS) is 17.1. The number of hydrogen-bond acceptors (Lipinski definition) is 3. The van der Waals surface area contributed by atoms with Crippen LogP contribution in [0.5, 0.6) is 0 Å². The van der Waals surface area contributed by atoms with Crippen molar-refractivity contribution in [2.45, 2.75) is 30.2 Å². The molecule has 2 rings (SSSR count). The van der Waals surface area contributed by atoms with Crippen molar-refractivity contribution >= 4 is 25.6 Å². The fraction of sp³-hybridized carbons (Fsp3) is 0.444. The first-order valence-corrected chi connectivity index (χ1v) is 7.17. The van der Waals surface area contributed by atoms with Crippen LogP contribution in [0.1, 0.15) is 35.8 Å². The van der Waals surface area contributed by atoms with Gasteiger partial charge >= 0.3 is 0 Å². The van der Waals surface area contributed by atoms with Gasteiger partial charge in [0.15, 0.2) is 0 Å². The smallest absolute Gasteiger partial charge is 0.265 e. The van der Waals surface area contributed by atoms with Crippen molar-refractivity contribution in [2.75, 3.05) is 0 Å². The first-order chi connectivity index (χ1) is 7.39. The molecule has 1 fully saturated rings. The van der Waals surface area contributed by atoms with Gasteiger partial charge in [0.1, 0.15) is 10.6 Å². The summed E-state index contributed by atoms with van der Waals surface area (Å²) in [6.07, 6.45) is 4.31. The van der Waals surface area contributed by atoms with E-state index in [0.29, 0.717) is 0 Å². The molecule has 1 aliphatic carbocycles. The Morgan fingerprint density at radius 3 is 2.50 bits per heavy atom. The van der Waals surface area contributed by atoms with E-state index in [0.717, 1.165) is 19.3 Å². The minimum absolute atomic E-state index is 0.0742. The van der Waals surface area contributed by atoms with Crippen LogP contribution in [0.15, 0.2) is 17.2 Å². The highest BCUT2D eigenvalue weighted by molar-refractivity contribution is 8.13. The first-order valence-electron chi connectivity index (χ1n) is 4.86. The molecule has 0 saturated heterocycles. The molecule has 5 nitrogen and oxygen atoms in total. The van der Waals surface area contributed by atoms with Gasteiger partial charge in [-0.2, -0.15) is 0 Å². The van der Waals surface area contributed by atoms with E-state index < -0.39 is 15.0 Å². The predicted octanol–water partition coefficient (Wildman–Crippen LogP) is 1.24. The van der Waals surface area contributed by atoms with E-state index in [1.54, 1.807) is 4.57 Å². The molecule has 1 saturated carbocycles. The van der Waals surface area contributed by atoms with Gasteiger partial charge in [0.25, 0.3) is 15.0 Å². The molecule has 0 aliphatic heterocycles. The molecule has 1 aromatic rings. The fourth-order valence-electron chi connectivity index (χ4n) is 1.75. The molecule has 0 radical (unpaired) electrons. The average molecular weight is 263 g/mol.